The van der Waals surface area contributed by atoms with Crippen molar-refractivity contribution in [2.45, 2.75) is 33.6 Å². The molecular weight excluding hydrogens is 236 g/mol. The average Bonchev–Trinajstić information content (AvgIpc) is 2.38. The molecule has 0 aliphatic heterocycles. The van der Waals surface area contributed by atoms with E-state index >= 15 is 0 Å². The van der Waals surface area contributed by atoms with Gasteiger partial charge in [-0.25, -0.2) is 0 Å². The summed E-state index contributed by atoms with van der Waals surface area (Å²) in [5, 5.41) is 12.2. The first-order valence-electron chi connectivity index (χ1n) is 6.86. The van der Waals surface area contributed by atoms with E-state index in [0.29, 0.717) is 0 Å². The molecule has 0 aromatic heterocycles. The fraction of sp³-hybridized carbons (Fsp3) is 0.562. The number of ether oxygens (including phenoxy) is 1. The van der Waals surface area contributed by atoms with Crippen molar-refractivity contribution in [1.82, 2.24) is 5.32 Å². The van der Waals surface area contributed by atoms with E-state index in [9.17, 15) is 0 Å². The Balaban J connectivity index is 2.49. The molecular formula is C16H24N2O. The molecule has 1 atom stereocenters. The van der Waals surface area contributed by atoms with Gasteiger partial charge >= 0.3 is 0 Å². The van der Waals surface area contributed by atoms with E-state index in [2.05, 4.69) is 37.4 Å². The van der Waals surface area contributed by atoms with Crippen LogP contribution in [0.4, 0.5) is 0 Å². The molecule has 3 heteroatoms. The van der Waals surface area contributed by atoms with Crippen LogP contribution in [0.1, 0.15) is 30.0 Å². The minimum atomic E-state index is 0.124. The highest BCUT2D eigenvalue weighted by molar-refractivity contribution is 5.43. The van der Waals surface area contributed by atoms with Crippen molar-refractivity contribution in [2.75, 3.05) is 20.2 Å². The third kappa shape index (κ3) is 4.57. The summed E-state index contributed by atoms with van der Waals surface area (Å²) >= 11 is 0. The first-order valence-corrected chi connectivity index (χ1v) is 6.86. The first-order chi connectivity index (χ1) is 9.12. The largest absolute Gasteiger partial charge is 0.496 e. The molecule has 1 unspecified atom stereocenters. The maximum absolute atomic E-state index is 8.87. The molecule has 1 N–H and O–H groups in total. The van der Waals surface area contributed by atoms with Gasteiger partial charge in [-0.15, -0.1) is 0 Å². The number of hydrogen-bond donors (Lipinski definition) is 1. The molecule has 19 heavy (non-hydrogen) atoms. The fourth-order valence-electron chi connectivity index (χ4n) is 2.30. The highest BCUT2D eigenvalue weighted by Gasteiger charge is 2.06. The molecule has 0 aliphatic rings. The van der Waals surface area contributed by atoms with Crippen LogP contribution in [0.5, 0.6) is 5.75 Å². The van der Waals surface area contributed by atoms with Crippen molar-refractivity contribution in [3.8, 4) is 11.8 Å². The number of nitrogens with zero attached hydrogens (tertiary/aromatic N) is 1. The summed E-state index contributed by atoms with van der Waals surface area (Å²) in [6.07, 6.45) is 1.89. The van der Waals surface area contributed by atoms with E-state index in [4.69, 9.17) is 10.00 Å². The molecule has 104 valence electrons. The van der Waals surface area contributed by atoms with E-state index in [0.717, 1.165) is 31.7 Å². The maximum atomic E-state index is 8.87. The zero-order chi connectivity index (χ0) is 14.3. The maximum Gasteiger partial charge on any atom is 0.124 e. The highest BCUT2D eigenvalue weighted by atomic mass is 16.5. The lowest BCUT2D eigenvalue weighted by Gasteiger charge is -2.12. The van der Waals surface area contributed by atoms with Crippen LogP contribution in [0.2, 0.25) is 0 Å². The minimum absolute atomic E-state index is 0.124. The molecule has 1 aromatic rings. The number of aryl methyl sites for hydroxylation is 2. The van der Waals surface area contributed by atoms with Crippen LogP contribution < -0.4 is 10.1 Å². The summed E-state index contributed by atoms with van der Waals surface area (Å²) in [5.41, 5.74) is 3.68. The zero-order valence-electron chi connectivity index (χ0n) is 12.4. The Bertz CT molecular complexity index is 426. The van der Waals surface area contributed by atoms with Gasteiger partial charge in [-0.1, -0.05) is 19.1 Å². The second-order valence-electron chi connectivity index (χ2n) is 4.95. The Labute approximate surface area is 116 Å². The number of nitriles is 1. The molecule has 0 spiro atoms. The Morgan fingerprint density at radius 1 is 1.32 bits per heavy atom. The Kier molecular flexibility index (Phi) is 6.38. The van der Waals surface area contributed by atoms with Crippen molar-refractivity contribution < 1.29 is 4.74 Å². The standard InChI is InChI=1S/C16H24N2O/c1-5-14(10-17)11-18-7-6-15-8-12(2)16(19-4)13(3)9-15/h8-9,14,18H,5-7,11H2,1-4H3. The molecule has 0 heterocycles. The van der Waals surface area contributed by atoms with Crippen molar-refractivity contribution in [2.24, 2.45) is 5.92 Å². The highest BCUT2D eigenvalue weighted by Crippen LogP contribution is 2.24. The lowest BCUT2D eigenvalue weighted by Crippen LogP contribution is -2.24. The third-order valence-electron chi connectivity index (χ3n) is 3.38. The van der Waals surface area contributed by atoms with E-state index < -0.39 is 0 Å². The predicted octanol–water partition coefficient (Wildman–Crippen LogP) is 2.99. The van der Waals surface area contributed by atoms with E-state index in [1.165, 1.54) is 16.7 Å². The Hall–Kier alpha value is -1.53. The third-order valence-corrected chi connectivity index (χ3v) is 3.38. The van der Waals surface area contributed by atoms with Gasteiger partial charge in [0, 0.05) is 6.54 Å². The van der Waals surface area contributed by atoms with Crippen LogP contribution in [0.15, 0.2) is 12.1 Å². The number of hydrogen-bond acceptors (Lipinski definition) is 3. The van der Waals surface area contributed by atoms with E-state index in [-0.39, 0.29) is 5.92 Å². The summed E-state index contributed by atoms with van der Waals surface area (Å²) in [4.78, 5) is 0. The summed E-state index contributed by atoms with van der Waals surface area (Å²) in [7, 11) is 1.71. The lowest BCUT2D eigenvalue weighted by molar-refractivity contribution is 0.408. The van der Waals surface area contributed by atoms with Gasteiger partial charge in [0.15, 0.2) is 0 Å². The molecule has 0 saturated heterocycles. The smallest absolute Gasteiger partial charge is 0.124 e. The molecule has 0 amide bonds. The van der Waals surface area contributed by atoms with Gasteiger partial charge in [0.05, 0.1) is 19.1 Å². The van der Waals surface area contributed by atoms with Crippen molar-refractivity contribution in [3.05, 3.63) is 28.8 Å². The predicted molar refractivity (Wildman–Crippen MR) is 78.4 cm³/mol. The molecule has 0 aliphatic carbocycles. The SMILES string of the molecule is CCC(C#N)CNCCc1cc(C)c(OC)c(C)c1. The molecule has 3 nitrogen and oxygen atoms in total. The second-order valence-corrected chi connectivity index (χ2v) is 4.95. The van der Waals surface area contributed by atoms with Crippen LogP contribution in [-0.4, -0.2) is 20.2 Å². The molecule has 0 bridgehead atoms. The topological polar surface area (TPSA) is 45.0 Å². The molecule has 0 radical (unpaired) electrons. The van der Waals surface area contributed by atoms with Crippen LogP contribution in [0.25, 0.3) is 0 Å². The number of methoxy groups -OCH3 is 1. The molecule has 1 rings (SSSR count). The summed E-state index contributed by atoms with van der Waals surface area (Å²) in [6, 6.07) is 6.66. The van der Waals surface area contributed by atoms with Gasteiger partial charge < -0.3 is 10.1 Å². The molecule has 1 aromatic carbocycles. The number of nitrogens with one attached hydrogen (secondary N) is 1. The van der Waals surface area contributed by atoms with Gasteiger partial charge in [-0.05, 0) is 49.9 Å². The van der Waals surface area contributed by atoms with Crippen LogP contribution in [-0.2, 0) is 6.42 Å². The minimum Gasteiger partial charge on any atom is -0.496 e. The van der Waals surface area contributed by atoms with Gasteiger partial charge in [-0.2, -0.15) is 5.26 Å². The van der Waals surface area contributed by atoms with Gasteiger partial charge in [0.25, 0.3) is 0 Å². The average molecular weight is 260 g/mol. The van der Waals surface area contributed by atoms with Gasteiger partial charge in [-0.3, -0.25) is 0 Å². The fourth-order valence-corrected chi connectivity index (χ4v) is 2.30. The molecule has 0 saturated carbocycles. The normalized spacial score (nSPS) is 11.9. The van der Waals surface area contributed by atoms with Crippen molar-refractivity contribution in [1.29, 1.82) is 5.26 Å². The first kappa shape index (κ1) is 15.5. The Morgan fingerprint density at radius 2 is 1.95 bits per heavy atom. The lowest BCUT2D eigenvalue weighted by atomic mass is 10.0. The monoisotopic (exact) mass is 260 g/mol. The van der Waals surface area contributed by atoms with Gasteiger partial charge in [0.2, 0.25) is 0 Å². The van der Waals surface area contributed by atoms with Crippen molar-refractivity contribution >= 4 is 0 Å². The summed E-state index contributed by atoms with van der Waals surface area (Å²) in [6.45, 7) is 7.88. The van der Waals surface area contributed by atoms with Crippen LogP contribution in [0.3, 0.4) is 0 Å². The molecule has 0 fully saturated rings. The quantitative estimate of drug-likeness (QED) is 0.767. The number of rotatable bonds is 7. The van der Waals surface area contributed by atoms with Crippen LogP contribution in [0, 0.1) is 31.1 Å². The Morgan fingerprint density at radius 3 is 2.42 bits per heavy atom. The second kappa shape index (κ2) is 7.81. The number of benzene rings is 1. The van der Waals surface area contributed by atoms with E-state index in [1.807, 2.05) is 6.92 Å². The van der Waals surface area contributed by atoms with Crippen molar-refractivity contribution in [3.63, 3.8) is 0 Å². The van der Waals surface area contributed by atoms with E-state index in [1.54, 1.807) is 7.11 Å². The van der Waals surface area contributed by atoms with Gasteiger partial charge in [0.1, 0.15) is 5.75 Å². The zero-order valence-corrected chi connectivity index (χ0v) is 12.4. The summed E-state index contributed by atoms with van der Waals surface area (Å²) in [5.74, 6) is 1.10. The van der Waals surface area contributed by atoms with Crippen LogP contribution >= 0.6 is 0 Å². The summed E-state index contributed by atoms with van der Waals surface area (Å²) < 4.78 is 5.37.